The van der Waals surface area contributed by atoms with E-state index in [4.69, 9.17) is 14.2 Å². The Labute approximate surface area is 153 Å². The molecule has 7 nitrogen and oxygen atoms in total. The number of benzene rings is 1. The van der Waals surface area contributed by atoms with Crippen LogP contribution in [0.15, 0.2) is 24.5 Å². The molecule has 0 aliphatic carbocycles. The molecule has 2 aromatic rings. The Morgan fingerprint density at radius 1 is 1.32 bits per heavy atom. The van der Waals surface area contributed by atoms with E-state index >= 15 is 0 Å². The molecular weight excluding hydrogens is 344 g/mol. The Morgan fingerprint density at radius 3 is 2.84 bits per heavy atom. The molecule has 1 aromatic heterocycles. The average Bonchev–Trinajstić information content (AvgIpc) is 3.23. The summed E-state index contributed by atoms with van der Waals surface area (Å²) in [5.41, 5.74) is 1.10. The maximum Gasteiger partial charge on any atom is 0.231 e. The van der Waals surface area contributed by atoms with Gasteiger partial charge in [-0.15, -0.1) is 12.4 Å². The molecule has 0 saturated carbocycles. The fourth-order valence-electron chi connectivity index (χ4n) is 3.39. The van der Waals surface area contributed by atoms with Crippen LogP contribution in [-0.2, 0) is 13.6 Å². The van der Waals surface area contributed by atoms with Crippen LogP contribution in [0.5, 0.6) is 17.2 Å². The van der Waals surface area contributed by atoms with E-state index in [0.29, 0.717) is 0 Å². The second-order valence-corrected chi connectivity index (χ2v) is 6.10. The Hall–Kier alpha value is -1.96. The van der Waals surface area contributed by atoms with Crippen molar-refractivity contribution in [1.82, 2.24) is 19.8 Å². The quantitative estimate of drug-likeness (QED) is 0.889. The first kappa shape index (κ1) is 17.8. The number of nitrogens with one attached hydrogen (secondary N) is 1. The van der Waals surface area contributed by atoms with E-state index < -0.39 is 0 Å². The summed E-state index contributed by atoms with van der Waals surface area (Å²) in [5, 5.41) is 3.47. The normalized spacial score (nSPS) is 19.5. The Balaban J connectivity index is 0.00000182. The van der Waals surface area contributed by atoms with Gasteiger partial charge in [-0.2, -0.15) is 0 Å². The van der Waals surface area contributed by atoms with Crippen molar-refractivity contribution in [2.45, 2.75) is 12.6 Å². The van der Waals surface area contributed by atoms with Gasteiger partial charge in [0.2, 0.25) is 6.79 Å². The number of ether oxygens (including phenoxy) is 3. The molecule has 0 spiro atoms. The van der Waals surface area contributed by atoms with Gasteiger partial charge >= 0.3 is 0 Å². The number of aryl methyl sites for hydroxylation is 1. The molecule has 0 amide bonds. The first-order valence-electron chi connectivity index (χ1n) is 8.15. The molecule has 1 fully saturated rings. The van der Waals surface area contributed by atoms with Crippen molar-refractivity contribution in [3.05, 3.63) is 35.9 Å². The molecule has 1 atom stereocenters. The zero-order valence-electron chi connectivity index (χ0n) is 14.4. The molecule has 25 heavy (non-hydrogen) atoms. The molecule has 0 bridgehead atoms. The highest BCUT2D eigenvalue weighted by Crippen LogP contribution is 2.39. The molecule has 136 valence electrons. The third-order valence-corrected chi connectivity index (χ3v) is 4.66. The highest BCUT2D eigenvalue weighted by Gasteiger charge is 2.28. The minimum absolute atomic E-state index is 0. The summed E-state index contributed by atoms with van der Waals surface area (Å²) < 4.78 is 18.6. The van der Waals surface area contributed by atoms with Gasteiger partial charge < -0.3 is 24.1 Å². The fourth-order valence-corrected chi connectivity index (χ4v) is 3.39. The van der Waals surface area contributed by atoms with E-state index in [2.05, 4.69) is 19.8 Å². The molecule has 4 rings (SSSR count). The number of nitrogens with zero attached hydrogens (tertiary/aromatic N) is 3. The molecule has 1 N–H and O–H groups in total. The van der Waals surface area contributed by atoms with E-state index in [1.54, 1.807) is 7.11 Å². The number of piperazine rings is 1. The van der Waals surface area contributed by atoms with Crippen LogP contribution < -0.4 is 19.5 Å². The number of methoxy groups -OCH3 is 1. The summed E-state index contributed by atoms with van der Waals surface area (Å²) in [7, 11) is 3.73. The Morgan fingerprint density at radius 2 is 2.12 bits per heavy atom. The van der Waals surface area contributed by atoms with Crippen LogP contribution >= 0.6 is 12.4 Å². The van der Waals surface area contributed by atoms with Crippen molar-refractivity contribution in [2.24, 2.45) is 7.05 Å². The molecular formula is C17H23ClN4O3. The van der Waals surface area contributed by atoms with E-state index in [1.807, 2.05) is 31.6 Å². The second-order valence-electron chi connectivity index (χ2n) is 6.10. The van der Waals surface area contributed by atoms with E-state index in [9.17, 15) is 0 Å². The van der Waals surface area contributed by atoms with Gasteiger partial charge in [0.15, 0.2) is 11.5 Å². The minimum Gasteiger partial charge on any atom is -0.496 e. The molecule has 1 unspecified atom stereocenters. The van der Waals surface area contributed by atoms with Crippen molar-refractivity contribution in [1.29, 1.82) is 0 Å². The predicted octanol–water partition coefficient (Wildman–Crippen LogP) is 1.73. The van der Waals surface area contributed by atoms with Crippen LogP contribution in [0.2, 0.25) is 0 Å². The van der Waals surface area contributed by atoms with Gasteiger partial charge in [-0.25, -0.2) is 4.98 Å². The third-order valence-electron chi connectivity index (χ3n) is 4.66. The van der Waals surface area contributed by atoms with Crippen molar-refractivity contribution < 1.29 is 14.2 Å². The van der Waals surface area contributed by atoms with Crippen molar-refractivity contribution in [2.75, 3.05) is 33.5 Å². The Bertz CT molecular complexity index is 737. The van der Waals surface area contributed by atoms with Crippen molar-refractivity contribution in [3.8, 4) is 17.2 Å². The maximum atomic E-state index is 5.56. The smallest absolute Gasteiger partial charge is 0.231 e. The number of fused-ring (bicyclic) bond motifs is 1. The second kappa shape index (κ2) is 7.51. The zero-order valence-corrected chi connectivity index (χ0v) is 15.2. The van der Waals surface area contributed by atoms with Gasteiger partial charge in [-0.1, -0.05) is 0 Å². The highest BCUT2D eigenvalue weighted by atomic mass is 35.5. The van der Waals surface area contributed by atoms with Crippen LogP contribution in [0.4, 0.5) is 0 Å². The molecule has 3 heterocycles. The van der Waals surface area contributed by atoms with Crippen LogP contribution in [0.25, 0.3) is 0 Å². The number of rotatable bonds is 4. The van der Waals surface area contributed by atoms with Crippen LogP contribution in [0.3, 0.4) is 0 Å². The van der Waals surface area contributed by atoms with Crippen LogP contribution in [0, 0.1) is 0 Å². The summed E-state index contributed by atoms with van der Waals surface area (Å²) in [6, 6.07) is 4.17. The number of imidazole rings is 1. The van der Waals surface area contributed by atoms with Gasteiger partial charge in [-0.3, -0.25) is 4.90 Å². The lowest BCUT2D eigenvalue weighted by Gasteiger charge is -2.36. The van der Waals surface area contributed by atoms with E-state index in [-0.39, 0.29) is 25.2 Å². The molecule has 1 aromatic carbocycles. The van der Waals surface area contributed by atoms with Crippen molar-refractivity contribution >= 4 is 12.4 Å². The monoisotopic (exact) mass is 366 g/mol. The highest BCUT2D eigenvalue weighted by molar-refractivity contribution is 5.85. The Kier molecular flexibility index (Phi) is 5.36. The number of halogens is 1. The average molecular weight is 367 g/mol. The molecule has 2 aliphatic heterocycles. The summed E-state index contributed by atoms with van der Waals surface area (Å²) in [6.07, 6.45) is 3.84. The predicted molar refractivity (Wildman–Crippen MR) is 95.6 cm³/mol. The van der Waals surface area contributed by atoms with Gasteiger partial charge in [-0.05, 0) is 6.07 Å². The lowest BCUT2D eigenvalue weighted by molar-refractivity contribution is 0.143. The lowest BCUT2D eigenvalue weighted by Crippen LogP contribution is -2.46. The summed E-state index contributed by atoms with van der Waals surface area (Å²) in [6.45, 7) is 3.85. The fraction of sp³-hybridized carbons (Fsp3) is 0.471. The molecule has 8 heteroatoms. The summed E-state index contributed by atoms with van der Waals surface area (Å²) in [4.78, 5) is 6.97. The summed E-state index contributed by atoms with van der Waals surface area (Å²) >= 11 is 0. The van der Waals surface area contributed by atoms with Crippen LogP contribution in [0.1, 0.15) is 17.4 Å². The van der Waals surface area contributed by atoms with Gasteiger partial charge in [0.25, 0.3) is 0 Å². The number of hydrogen-bond acceptors (Lipinski definition) is 6. The first-order chi connectivity index (χ1) is 11.8. The summed E-state index contributed by atoms with van der Waals surface area (Å²) in [5.74, 6) is 3.43. The molecule has 0 radical (unpaired) electrons. The minimum atomic E-state index is 0. The standard InChI is InChI=1S/C17H22N4O3.ClH/c1-20-5-4-19-17(20)13-9-18-3-6-21(13)10-12-7-15-16(24-11-23-15)8-14(12)22-2;/h4-5,7-8,13,18H,3,6,9-11H2,1-2H3;1H. The van der Waals surface area contributed by atoms with Crippen LogP contribution in [-0.4, -0.2) is 48.0 Å². The van der Waals surface area contributed by atoms with Gasteiger partial charge in [0, 0.05) is 57.3 Å². The number of hydrogen-bond donors (Lipinski definition) is 1. The SMILES string of the molecule is COc1cc2c(cc1CN1CCNCC1c1nccn1C)OCO2.Cl. The number of aromatic nitrogens is 2. The third kappa shape index (κ3) is 3.40. The topological polar surface area (TPSA) is 60.8 Å². The zero-order chi connectivity index (χ0) is 16.5. The molecule has 2 aliphatic rings. The van der Waals surface area contributed by atoms with Crippen molar-refractivity contribution in [3.63, 3.8) is 0 Å². The lowest BCUT2D eigenvalue weighted by atomic mass is 10.1. The maximum absolute atomic E-state index is 5.56. The van der Waals surface area contributed by atoms with E-state index in [0.717, 1.165) is 54.8 Å². The van der Waals surface area contributed by atoms with Gasteiger partial charge in [0.05, 0.1) is 13.2 Å². The van der Waals surface area contributed by atoms with Gasteiger partial charge in [0.1, 0.15) is 11.6 Å². The molecule has 1 saturated heterocycles. The first-order valence-corrected chi connectivity index (χ1v) is 8.15. The largest absolute Gasteiger partial charge is 0.496 e. The van der Waals surface area contributed by atoms with E-state index in [1.165, 1.54) is 0 Å².